The largest absolute Gasteiger partial charge is 0.494 e. The van der Waals surface area contributed by atoms with E-state index >= 15 is 0 Å². The summed E-state index contributed by atoms with van der Waals surface area (Å²) in [5.41, 5.74) is 1.66. The van der Waals surface area contributed by atoms with Crippen molar-refractivity contribution < 1.29 is 23.8 Å². The van der Waals surface area contributed by atoms with Gasteiger partial charge in [-0.1, -0.05) is 6.92 Å². The molecule has 1 aliphatic carbocycles. The lowest BCUT2D eigenvalue weighted by molar-refractivity contribution is -0.137. The summed E-state index contributed by atoms with van der Waals surface area (Å²) < 4.78 is 26.2. The summed E-state index contributed by atoms with van der Waals surface area (Å²) in [4.78, 5) is 16.0. The van der Waals surface area contributed by atoms with Crippen LogP contribution >= 0.6 is 0 Å². The van der Waals surface area contributed by atoms with Gasteiger partial charge in [0.2, 0.25) is 0 Å². The van der Waals surface area contributed by atoms with Gasteiger partial charge in [0.05, 0.1) is 18.7 Å². The Morgan fingerprint density at radius 2 is 1.75 bits per heavy atom. The van der Waals surface area contributed by atoms with Crippen LogP contribution in [-0.4, -0.2) is 49.5 Å². The molecule has 0 unspecified atom stereocenters. The van der Waals surface area contributed by atoms with Crippen molar-refractivity contribution in [2.75, 3.05) is 36.0 Å². The van der Waals surface area contributed by atoms with Crippen LogP contribution < -0.4 is 19.3 Å². The molecule has 1 saturated carbocycles. The van der Waals surface area contributed by atoms with Crippen LogP contribution in [0.25, 0.3) is 0 Å². The number of ether oxygens (including phenoxy) is 2. The van der Waals surface area contributed by atoms with Crippen LogP contribution in [0.15, 0.2) is 42.5 Å². The minimum absolute atomic E-state index is 0.0581. The first-order valence-corrected chi connectivity index (χ1v) is 13.4. The molecule has 194 valence electrons. The van der Waals surface area contributed by atoms with E-state index in [4.69, 9.17) is 9.47 Å². The first-order valence-electron chi connectivity index (χ1n) is 13.4. The molecule has 2 aliphatic heterocycles. The van der Waals surface area contributed by atoms with E-state index in [1.807, 2.05) is 19.1 Å². The van der Waals surface area contributed by atoms with Gasteiger partial charge in [0.1, 0.15) is 23.4 Å². The van der Waals surface area contributed by atoms with Gasteiger partial charge in [0.15, 0.2) is 0 Å². The number of piperidine rings is 1. The predicted molar refractivity (Wildman–Crippen MR) is 139 cm³/mol. The van der Waals surface area contributed by atoms with Crippen LogP contribution in [0.4, 0.5) is 15.8 Å². The average Bonchev–Trinajstić information content (AvgIpc) is 3.65. The molecule has 3 atom stereocenters. The molecule has 0 amide bonds. The lowest BCUT2D eigenvalue weighted by atomic mass is 9.86. The smallest absolute Gasteiger partial charge is 0.305 e. The second-order valence-corrected chi connectivity index (χ2v) is 10.6. The van der Waals surface area contributed by atoms with Crippen LogP contribution in [0.3, 0.4) is 0 Å². The van der Waals surface area contributed by atoms with E-state index in [0.717, 1.165) is 43.9 Å². The molecule has 2 aromatic carbocycles. The summed E-state index contributed by atoms with van der Waals surface area (Å²) in [6.07, 6.45) is 4.36. The number of carbonyl (C=O) groups is 1. The number of hydrogen-bond acceptors (Lipinski definition) is 5. The molecule has 1 N–H and O–H groups in total. The topological polar surface area (TPSA) is 62.2 Å². The van der Waals surface area contributed by atoms with Crippen LogP contribution in [0, 0.1) is 23.6 Å². The Hall–Kier alpha value is -2.96. The minimum atomic E-state index is -0.722. The number of benzene rings is 2. The molecule has 36 heavy (non-hydrogen) atoms. The van der Waals surface area contributed by atoms with Gasteiger partial charge in [-0.2, -0.15) is 0 Å². The van der Waals surface area contributed by atoms with Gasteiger partial charge in [0, 0.05) is 50.3 Å². The fourth-order valence-corrected chi connectivity index (χ4v) is 6.25. The molecular weight excluding hydrogens is 459 g/mol. The first-order chi connectivity index (χ1) is 17.4. The SMILES string of the molecule is CCOc1ccc(F)c(N2CCC(Oc3ccc(N4C[C@H](C)[C@@H](C5CC5)[C@@H]4CC(=O)O)cc3)CC2)c1. The maximum Gasteiger partial charge on any atom is 0.305 e. The average molecular weight is 497 g/mol. The quantitative estimate of drug-likeness (QED) is 0.488. The molecule has 5 rings (SSSR count). The monoisotopic (exact) mass is 496 g/mol. The molecule has 2 heterocycles. The van der Waals surface area contributed by atoms with Gasteiger partial charge >= 0.3 is 5.97 Å². The third-order valence-corrected chi connectivity index (χ3v) is 8.02. The van der Waals surface area contributed by atoms with Crippen LogP contribution in [-0.2, 0) is 4.79 Å². The van der Waals surface area contributed by atoms with Crippen molar-refractivity contribution in [3.63, 3.8) is 0 Å². The maximum absolute atomic E-state index is 14.4. The van der Waals surface area contributed by atoms with Crippen molar-refractivity contribution in [3.05, 3.63) is 48.3 Å². The molecule has 0 spiro atoms. The van der Waals surface area contributed by atoms with Gasteiger partial charge in [-0.3, -0.25) is 4.79 Å². The number of nitrogens with zero attached hydrogens (tertiary/aromatic N) is 2. The zero-order chi connectivity index (χ0) is 25.2. The molecule has 0 radical (unpaired) electrons. The summed E-state index contributed by atoms with van der Waals surface area (Å²) in [5, 5.41) is 9.54. The molecule has 0 bridgehead atoms. The maximum atomic E-state index is 14.4. The van der Waals surface area contributed by atoms with Gasteiger partial charge in [-0.15, -0.1) is 0 Å². The van der Waals surface area contributed by atoms with Crippen molar-refractivity contribution in [3.8, 4) is 11.5 Å². The molecule has 0 aromatic heterocycles. The van der Waals surface area contributed by atoms with E-state index in [-0.39, 0.29) is 24.4 Å². The Labute approximate surface area is 213 Å². The van der Waals surface area contributed by atoms with Crippen molar-refractivity contribution in [1.29, 1.82) is 0 Å². The number of halogens is 1. The molecule has 2 aromatic rings. The molecular formula is C29H37FN2O4. The summed E-state index contributed by atoms with van der Waals surface area (Å²) in [5.74, 6) is 2.20. The number of rotatable bonds is 9. The Bertz CT molecular complexity index is 1050. The van der Waals surface area contributed by atoms with Crippen LogP contribution in [0.1, 0.15) is 46.0 Å². The standard InChI is InChI=1S/C29H37FN2O4/c1-3-35-24-10-11-25(30)26(16-24)31-14-12-23(13-15-31)36-22-8-6-21(7-9-22)32-18-19(2)29(20-4-5-20)27(32)17-28(33)34/h6-11,16,19-20,23,27,29H,3-5,12-15,17-18H2,1-2H3,(H,33,34)/t19-,27-,29-/m0/s1. The zero-order valence-electron chi connectivity index (χ0n) is 21.2. The number of carboxylic acid groups (broad SMARTS) is 1. The third-order valence-electron chi connectivity index (χ3n) is 8.02. The van der Waals surface area contributed by atoms with E-state index in [0.29, 0.717) is 35.8 Å². The van der Waals surface area contributed by atoms with E-state index in [1.165, 1.54) is 18.9 Å². The third kappa shape index (κ3) is 5.40. The Morgan fingerprint density at radius 3 is 2.39 bits per heavy atom. The number of anilines is 2. The van der Waals surface area contributed by atoms with Gasteiger partial charge in [0.25, 0.3) is 0 Å². The molecule has 3 aliphatic rings. The lowest BCUT2D eigenvalue weighted by Gasteiger charge is -2.34. The van der Waals surface area contributed by atoms with E-state index in [9.17, 15) is 14.3 Å². The van der Waals surface area contributed by atoms with Gasteiger partial charge in [-0.25, -0.2) is 4.39 Å². The molecule has 6 nitrogen and oxygen atoms in total. The van der Waals surface area contributed by atoms with E-state index < -0.39 is 5.97 Å². The second-order valence-electron chi connectivity index (χ2n) is 10.6. The molecule has 2 saturated heterocycles. The van der Waals surface area contributed by atoms with Crippen molar-refractivity contribution in [2.45, 2.75) is 58.1 Å². The van der Waals surface area contributed by atoms with Crippen molar-refractivity contribution >= 4 is 17.3 Å². The van der Waals surface area contributed by atoms with Crippen molar-refractivity contribution in [2.24, 2.45) is 17.8 Å². The van der Waals surface area contributed by atoms with Crippen LogP contribution in [0.2, 0.25) is 0 Å². The Morgan fingerprint density at radius 1 is 1.06 bits per heavy atom. The number of carboxylic acids is 1. The molecule has 3 fully saturated rings. The van der Waals surface area contributed by atoms with Gasteiger partial charge < -0.3 is 24.4 Å². The first kappa shape index (κ1) is 24.7. The summed E-state index contributed by atoms with van der Waals surface area (Å²) >= 11 is 0. The van der Waals surface area contributed by atoms with Crippen LogP contribution in [0.5, 0.6) is 11.5 Å². The number of hydrogen-bond donors (Lipinski definition) is 1. The second kappa shape index (κ2) is 10.6. The van der Waals surface area contributed by atoms with Gasteiger partial charge in [-0.05, 0) is 73.9 Å². The number of aliphatic carboxylic acids is 1. The van der Waals surface area contributed by atoms with E-state index in [2.05, 4.69) is 28.9 Å². The summed E-state index contributed by atoms with van der Waals surface area (Å²) in [7, 11) is 0. The highest BCUT2D eigenvalue weighted by Crippen LogP contribution is 2.49. The lowest BCUT2D eigenvalue weighted by Crippen LogP contribution is -2.38. The molecule has 7 heteroatoms. The summed E-state index contributed by atoms with van der Waals surface area (Å²) in [6.45, 7) is 7.08. The van der Waals surface area contributed by atoms with Crippen molar-refractivity contribution in [1.82, 2.24) is 0 Å². The highest BCUT2D eigenvalue weighted by molar-refractivity contribution is 5.69. The fraction of sp³-hybridized carbons (Fsp3) is 0.552. The highest BCUT2D eigenvalue weighted by atomic mass is 19.1. The minimum Gasteiger partial charge on any atom is -0.494 e. The Kier molecular flexibility index (Phi) is 7.26. The summed E-state index contributed by atoms with van der Waals surface area (Å²) in [6, 6.07) is 13.1. The fourth-order valence-electron chi connectivity index (χ4n) is 6.25. The highest BCUT2D eigenvalue weighted by Gasteiger charge is 2.47. The zero-order valence-corrected chi connectivity index (χ0v) is 21.2. The Balaban J connectivity index is 1.19. The van der Waals surface area contributed by atoms with E-state index in [1.54, 1.807) is 12.1 Å². The normalized spacial score (nSPS) is 24.7. The predicted octanol–water partition coefficient (Wildman–Crippen LogP) is 5.60.